The molecule has 2 N–H and O–H groups in total. The molecule has 7 rings (SSSR count). The molecule has 4 aliphatic rings. The van der Waals surface area contributed by atoms with E-state index in [4.69, 9.17) is 27.9 Å². The highest BCUT2D eigenvalue weighted by molar-refractivity contribution is 9.09. The number of fused-ring (bicyclic) bond motifs is 4. The summed E-state index contributed by atoms with van der Waals surface area (Å²) in [6.07, 6.45) is 1.64. The van der Waals surface area contributed by atoms with Gasteiger partial charge in [-0.25, -0.2) is 4.79 Å². The molecule has 0 aromatic heterocycles. The summed E-state index contributed by atoms with van der Waals surface area (Å²) in [5.74, 6) is -7.51. The molecule has 2 saturated heterocycles. The van der Waals surface area contributed by atoms with E-state index in [1.54, 1.807) is 18.2 Å². The van der Waals surface area contributed by atoms with Gasteiger partial charge in [-0.15, -0.1) is 23.2 Å². The van der Waals surface area contributed by atoms with E-state index in [1.165, 1.54) is 30.3 Å². The molecule has 0 radical (unpaired) electrons. The minimum absolute atomic E-state index is 0.0947. The second-order valence-corrected chi connectivity index (χ2v) is 14.1. The first-order valence-corrected chi connectivity index (χ1v) is 17.0. The Labute approximate surface area is 293 Å². The van der Waals surface area contributed by atoms with Crippen LogP contribution in [0.3, 0.4) is 0 Å². The third-order valence-electron chi connectivity index (χ3n) is 9.93. The van der Waals surface area contributed by atoms with Gasteiger partial charge < -0.3 is 14.9 Å². The first kappa shape index (κ1) is 32.4. The number of anilines is 1. The van der Waals surface area contributed by atoms with E-state index in [2.05, 4.69) is 15.9 Å². The Bertz CT molecular complexity index is 1940. The number of aromatic carboxylic acids is 1. The van der Waals surface area contributed by atoms with Gasteiger partial charge in [0.15, 0.2) is 9.75 Å². The van der Waals surface area contributed by atoms with Crippen LogP contribution in [0.1, 0.15) is 40.2 Å². The zero-order valence-corrected chi connectivity index (χ0v) is 28.1. The fourth-order valence-corrected chi connectivity index (χ4v) is 9.15. The number of benzene rings is 3. The summed E-state index contributed by atoms with van der Waals surface area (Å²) in [6.45, 7) is 0.235. The average molecular weight is 754 g/mol. The van der Waals surface area contributed by atoms with Gasteiger partial charge in [0.05, 0.1) is 28.5 Å². The van der Waals surface area contributed by atoms with Crippen LogP contribution >= 0.6 is 39.1 Å². The number of amides is 4. The summed E-state index contributed by atoms with van der Waals surface area (Å²) in [7, 11) is 0. The fourth-order valence-electron chi connectivity index (χ4n) is 7.73. The lowest BCUT2D eigenvalue weighted by Gasteiger charge is -2.50. The molecular formula is C35H27BrCl2N2O8. The van der Waals surface area contributed by atoms with Crippen molar-refractivity contribution in [3.05, 3.63) is 101 Å². The molecule has 6 atom stereocenters. The number of rotatable bonds is 7. The minimum Gasteiger partial charge on any atom is -0.508 e. The number of aromatic hydroxyl groups is 1. The number of carbonyl (C=O) groups is 5. The highest BCUT2D eigenvalue weighted by Crippen LogP contribution is 2.66. The molecule has 0 bridgehead atoms. The zero-order valence-electron chi connectivity index (χ0n) is 25.0. The molecule has 0 unspecified atom stereocenters. The molecule has 48 heavy (non-hydrogen) atoms. The summed E-state index contributed by atoms with van der Waals surface area (Å²) in [5.41, 5.74) is 1.46. The number of hydrogen-bond acceptors (Lipinski definition) is 7. The van der Waals surface area contributed by atoms with Crippen molar-refractivity contribution in [2.24, 2.45) is 17.8 Å². The van der Waals surface area contributed by atoms with Gasteiger partial charge in [-0.1, -0.05) is 70.0 Å². The number of alkyl halides is 3. The number of phenols is 1. The van der Waals surface area contributed by atoms with Crippen LogP contribution in [0.2, 0.25) is 0 Å². The maximum atomic E-state index is 14.2. The Morgan fingerprint density at radius 2 is 1.69 bits per heavy atom. The second-order valence-electron chi connectivity index (χ2n) is 12.3. The van der Waals surface area contributed by atoms with Crippen LogP contribution in [0, 0.1) is 17.8 Å². The van der Waals surface area contributed by atoms with Crippen molar-refractivity contribution in [1.82, 2.24) is 4.90 Å². The number of halogens is 3. The fraction of sp³-hybridized carbons (Fsp3) is 0.286. The molecular weight excluding hydrogens is 727 g/mol. The first-order chi connectivity index (χ1) is 22.9. The lowest BCUT2D eigenvalue weighted by atomic mass is 9.56. The van der Waals surface area contributed by atoms with Crippen molar-refractivity contribution in [1.29, 1.82) is 0 Å². The summed E-state index contributed by atoms with van der Waals surface area (Å²) in [5, 5.41) is 21.0. The van der Waals surface area contributed by atoms with Gasteiger partial charge in [-0.05, 0) is 48.6 Å². The first-order valence-electron chi connectivity index (χ1n) is 15.1. The third kappa shape index (κ3) is 4.62. The van der Waals surface area contributed by atoms with Crippen molar-refractivity contribution in [3.63, 3.8) is 0 Å². The smallest absolute Gasteiger partial charge is 0.335 e. The summed E-state index contributed by atoms with van der Waals surface area (Å²) in [4.78, 5) is 65.3. The van der Waals surface area contributed by atoms with Crippen LogP contribution in [0.5, 0.6) is 11.5 Å². The van der Waals surface area contributed by atoms with E-state index in [0.29, 0.717) is 11.3 Å². The van der Waals surface area contributed by atoms with Gasteiger partial charge in [0.25, 0.3) is 11.8 Å². The van der Waals surface area contributed by atoms with Crippen molar-refractivity contribution < 1.29 is 38.9 Å². The largest absolute Gasteiger partial charge is 0.508 e. The minimum atomic E-state index is -2.08. The highest BCUT2D eigenvalue weighted by atomic mass is 79.9. The highest BCUT2D eigenvalue weighted by Gasteiger charge is 2.76. The van der Waals surface area contributed by atoms with Crippen LogP contribution in [0.25, 0.3) is 0 Å². The standard InChI is InChI=1S/C35H27BrCl2N2O8/c36-17-39-32(46)34(37)15-25-22(11-12-24-27(25)30(43)40(29(24)42)20-8-4-7-19(13-20)31(44)45)28(35(34,38)33(39)47)23-10-9-21(14-26(23)41)48-16-18-5-2-1-3-6-18/h1-11,13-14,24-25,27-28,41H,12,15-17H2,(H,44,45)/t24-,25+,27-,28+,34+,35-/m0/s1. The van der Waals surface area contributed by atoms with E-state index in [9.17, 15) is 34.2 Å². The lowest BCUT2D eigenvalue weighted by molar-refractivity contribution is -0.138. The average Bonchev–Trinajstić information content (AvgIpc) is 3.42. The molecule has 2 heterocycles. The van der Waals surface area contributed by atoms with Crippen LogP contribution in [-0.4, -0.2) is 59.9 Å². The predicted octanol–water partition coefficient (Wildman–Crippen LogP) is 5.59. The van der Waals surface area contributed by atoms with Crippen LogP contribution < -0.4 is 9.64 Å². The lowest BCUT2D eigenvalue weighted by Crippen LogP contribution is -2.60. The van der Waals surface area contributed by atoms with Gasteiger partial charge in [-0.2, -0.15) is 0 Å². The number of phenolic OH excluding ortho intramolecular Hbond substituents is 1. The van der Waals surface area contributed by atoms with Gasteiger partial charge in [-0.3, -0.25) is 29.0 Å². The Morgan fingerprint density at radius 3 is 2.38 bits per heavy atom. The topological polar surface area (TPSA) is 142 Å². The van der Waals surface area contributed by atoms with Crippen LogP contribution in [0.4, 0.5) is 5.69 Å². The Hall–Kier alpha value is -4.19. The Balaban J connectivity index is 1.31. The molecule has 0 spiro atoms. The van der Waals surface area contributed by atoms with E-state index < -0.39 is 63.0 Å². The normalized spacial score (nSPS) is 29.4. The number of allylic oxidation sites excluding steroid dienone is 2. The van der Waals surface area contributed by atoms with Crippen molar-refractivity contribution in [2.45, 2.75) is 35.1 Å². The number of nitrogens with zero attached hydrogens (tertiary/aromatic N) is 2. The van der Waals surface area contributed by atoms with Gasteiger partial charge in [0.2, 0.25) is 11.8 Å². The zero-order chi connectivity index (χ0) is 34.1. The van der Waals surface area contributed by atoms with E-state index in [0.717, 1.165) is 15.4 Å². The predicted molar refractivity (Wildman–Crippen MR) is 178 cm³/mol. The van der Waals surface area contributed by atoms with Gasteiger partial charge >= 0.3 is 5.97 Å². The number of likely N-dealkylation sites (tertiary alicyclic amines) is 1. The molecule has 2 aliphatic carbocycles. The van der Waals surface area contributed by atoms with E-state index in [1.807, 2.05) is 30.3 Å². The molecule has 246 valence electrons. The monoisotopic (exact) mass is 752 g/mol. The molecule has 13 heteroatoms. The maximum Gasteiger partial charge on any atom is 0.335 e. The number of carboxylic acid groups (broad SMARTS) is 1. The molecule has 3 fully saturated rings. The summed E-state index contributed by atoms with van der Waals surface area (Å²) >= 11 is 17.7. The molecule has 3 aromatic carbocycles. The number of carboxylic acids is 1. The quantitative estimate of drug-likeness (QED) is 0.138. The number of hydrogen-bond donors (Lipinski definition) is 2. The number of imide groups is 2. The van der Waals surface area contributed by atoms with Crippen molar-refractivity contribution >= 4 is 74.4 Å². The van der Waals surface area contributed by atoms with E-state index >= 15 is 0 Å². The summed E-state index contributed by atoms with van der Waals surface area (Å²) < 4.78 is 5.89. The van der Waals surface area contributed by atoms with Crippen LogP contribution in [0.15, 0.2) is 84.4 Å². The molecule has 2 aliphatic heterocycles. The molecule has 10 nitrogen and oxygen atoms in total. The summed E-state index contributed by atoms with van der Waals surface area (Å²) in [6, 6.07) is 19.6. The molecule has 4 amide bonds. The van der Waals surface area contributed by atoms with Gasteiger partial charge in [0, 0.05) is 17.5 Å². The SMILES string of the molecule is O=C(O)c1cccc(N2C(=O)[C@H]3[C@H](CC=C4[C@H]3C[C@@]3(Cl)C(=O)N(CBr)C(=O)[C@@]3(Cl)[C@H]4c3ccc(OCc4ccccc4)cc3O)C2=O)c1. The van der Waals surface area contributed by atoms with E-state index in [-0.39, 0.29) is 47.5 Å². The Morgan fingerprint density at radius 1 is 0.938 bits per heavy atom. The molecule has 1 saturated carbocycles. The van der Waals surface area contributed by atoms with Crippen molar-refractivity contribution in [3.8, 4) is 11.5 Å². The van der Waals surface area contributed by atoms with Crippen molar-refractivity contribution in [2.75, 3.05) is 10.4 Å². The number of carbonyl (C=O) groups excluding carboxylic acids is 4. The Kier molecular flexibility index (Phi) is 7.92. The second kappa shape index (κ2) is 11.7. The number of ether oxygens (including phenoxy) is 1. The van der Waals surface area contributed by atoms with Gasteiger partial charge in [0.1, 0.15) is 18.1 Å². The molecule has 3 aromatic rings. The maximum absolute atomic E-state index is 14.2. The van der Waals surface area contributed by atoms with Crippen LogP contribution in [-0.2, 0) is 25.8 Å². The third-order valence-corrected chi connectivity index (χ3v) is 11.8.